The molecule has 4 heteroatoms. The molecule has 1 fully saturated rings. The summed E-state index contributed by atoms with van der Waals surface area (Å²) in [7, 11) is 1.67. The first-order valence-electron chi connectivity index (χ1n) is 6.56. The predicted molar refractivity (Wildman–Crippen MR) is 72.7 cm³/mol. The topological polar surface area (TPSA) is 53.1 Å². The average Bonchev–Trinajstić information content (AvgIpc) is 3.02. The van der Waals surface area contributed by atoms with E-state index in [4.69, 9.17) is 10.5 Å². The van der Waals surface area contributed by atoms with E-state index in [0.29, 0.717) is 12.0 Å². The molecule has 0 amide bonds. The summed E-state index contributed by atoms with van der Waals surface area (Å²) in [5.41, 5.74) is 8.04. The summed E-state index contributed by atoms with van der Waals surface area (Å²) in [6.07, 6.45) is 3.73. The number of rotatable bonds is 4. The number of aromatic nitrogens is 2. The van der Waals surface area contributed by atoms with Crippen molar-refractivity contribution >= 4 is 17.0 Å². The SMILES string of the molecule is CCCC1CC1n1c(N)nc2c(OC)cccc21. The van der Waals surface area contributed by atoms with Crippen LogP contribution in [0, 0.1) is 5.92 Å². The summed E-state index contributed by atoms with van der Waals surface area (Å²) in [5.74, 6) is 2.17. The van der Waals surface area contributed by atoms with Crippen LogP contribution in [0.2, 0.25) is 0 Å². The van der Waals surface area contributed by atoms with Crippen LogP contribution in [0.25, 0.3) is 11.0 Å². The highest BCUT2D eigenvalue weighted by Gasteiger charge is 2.39. The van der Waals surface area contributed by atoms with Gasteiger partial charge >= 0.3 is 0 Å². The van der Waals surface area contributed by atoms with Gasteiger partial charge in [-0.25, -0.2) is 4.98 Å². The van der Waals surface area contributed by atoms with E-state index in [0.717, 1.165) is 22.7 Å². The van der Waals surface area contributed by atoms with Gasteiger partial charge < -0.3 is 15.0 Å². The number of ether oxygens (including phenoxy) is 1. The molecule has 0 saturated heterocycles. The molecule has 2 aromatic rings. The Morgan fingerprint density at radius 1 is 1.50 bits per heavy atom. The lowest BCUT2D eigenvalue weighted by atomic mass is 10.2. The quantitative estimate of drug-likeness (QED) is 0.901. The first kappa shape index (κ1) is 11.4. The summed E-state index contributed by atoms with van der Waals surface area (Å²) >= 11 is 0. The first-order valence-corrected chi connectivity index (χ1v) is 6.56. The third-order valence-electron chi connectivity index (χ3n) is 3.81. The van der Waals surface area contributed by atoms with Gasteiger partial charge in [0.05, 0.1) is 12.6 Å². The molecule has 1 aliphatic carbocycles. The van der Waals surface area contributed by atoms with Gasteiger partial charge in [0.25, 0.3) is 0 Å². The van der Waals surface area contributed by atoms with Gasteiger partial charge in [0, 0.05) is 6.04 Å². The van der Waals surface area contributed by atoms with Crippen LogP contribution >= 0.6 is 0 Å². The van der Waals surface area contributed by atoms with E-state index in [1.807, 2.05) is 12.1 Å². The van der Waals surface area contributed by atoms with Gasteiger partial charge in [0.15, 0.2) is 0 Å². The van der Waals surface area contributed by atoms with Crippen molar-refractivity contribution < 1.29 is 4.74 Å². The van der Waals surface area contributed by atoms with E-state index in [9.17, 15) is 0 Å². The van der Waals surface area contributed by atoms with Crippen LogP contribution in [0.5, 0.6) is 5.75 Å². The highest BCUT2D eigenvalue weighted by molar-refractivity contribution is 5.84. The predicted octanol–water partition coefficient (Wildman–Crippen LogP) is 2.99. The smallest absolute Gasteiger partial charge is 0.201 e. The van der Waals surface area contributed by atoms with Gasteiger partial charge in [-0.2, -0.15) is 0 Å². The van der Waals surface area contributed by atoms with Crippen LogP contribution in [-0.2, 0) is 0 Å². The molecule has 0 radical (unpaired) electrons. The van der Waals surface area contributed by atoms with Crippen molar-refractivity contribution in [3.63, 3.8) is 0 Å². The van der Waals surface area contributed by atoms with Crippen LogP contribution in [0.4, 0.5) is 5.95 Å². The van der Waals surface area contributed by atoms with Crippen LogP contribution in [-0.4, -0.2) is 16.7 Å². The molecule has 1 saturated carbocycles. The van der Waals surface area contributed by atoms with Gasteiger partial charge in [-0.05, 0) is 30.9 Å². The van der Waals surface area contributed by atoms with Crippen molar-refractivity contribution in [2.75, 3.05) is 12.8 Å². The molecule has 1 heterocycles. The fourth-order valence-corrected chi connectivity index (χ4v) is 2.85. The minimum absolute atomic E-state index is 0.530. The van der Waals surface area contributed by atoms with Crippen molar-refractivity contribution in [2.45, 2.75) is 32.2 Å². The molecule has 1 aromatic heterocycles. The number of fused-ring (bicyclic) bond motifs is 1. The molecule has 18 heavy (non-hydrogen) atoms. The Labute approximate surface area is 107 Å². The first-order chi connectivity index (χ1) is 8.76. The Morgan fingerprint density at radius 2 is 2.33 bits per heavy atom. The van der Waals surface area contributed by atoms with Gasteiger partial charge in [0.2, 0.25) is 5.95 Å². The van der Waals surface area contributed by atoms with Crippen molar-refractivity contribution in [3.8, 4) is 5.75 Å². The number of methoxy groups -OCH3 is 1. The molecular weight excluding hydrogens is 226 g/mol. The molecule has 0 spiro atoms. The fraction of sp³-hybridized carbons (Fsp3) is 0.500. The zero-order valence-electron chi connectivity index (χ0n) is 10.9. The number of hydrogen-bond donors (Lipinski definition) is 1. The maximum Gasteiger partial charge on any atom is 0.201 e. The van der Waals surface area contributed by atoms with E-state index in [2.05, 4.69) is 22.5 Å². The van der Waals surface area contributed by atoms with Gasteiger partial charge in [-0.3, -0.25) is 0 Å². The Morgan fingerprint density at radius 3 is 3.06 bits per heavy atom. The molecule has 2 unspecified atom stereocenters. The molecule has 0 aliphatic heterocycles. The zero-order valence-corrected chi connectivity index (χ0v) is 10.9. The zero-order chi connectivity index (χ0) is 12.7. The highest BCUT2D eigenvalue weighted by Crippen LogP contribution is 2.49. The molecule has 4 nitrogen and oxygen atoms in total. The summed E-state index contributed by atoms with van der Waals surface area (Å²) < 4.78 is 7.52. The summed E-state index contributed by atoms with van der Waals surface area (Å²) in [4.78, 5) is 4.46. The van der Waals surface area contributed by atoms with Gasteiger partial charge in [0.1, 0.15) is 11.3 Å². The van der Waals surface area contributed by atoms with Crippen LogP contribution < -0.4 is 10.5 Å². The van der Waals surface area contributed by atoms with Gasteiger partial charge in [-0.1, -0.05) is 19.4 Å². The van der Waals surface area contributed by atoms with Gasteiger partial charge in [-0.15, -0.1) is 0 Å². The second-order valence-corrected chi connectivity index (χ2v) is 5.02. The number of nitrogens with two attached hydrogens (primary N) is 1. The van der Waals surface area contributed by atoms with E-state index < -0.39 is 0 Å². The summed E-state index contributed by atoms with van der Waals surface area (Å²) in [6.45, 7) is 2.23. The Kier molecular flexibility index (Phi) is 2.65. The summed E-state index contributed by atoms with van der Waals surface area (Å²) in [5, 5.41) is 0. The number of benzene rings is 1. The average molecular weight is 245 g/mol. The number of hydrogen-bond acceptors (Lipinski definition) is 3. The number of para-hydroxylation sites is 1. The standard InChI is InChI=1S/C14H19N3O/c1-3-5-9-8-11(9)17-10-6-4-7-12(18-2)13(10)16-14(17)15/h4,6-7,9,11H,3,5,8H2,1-2H3,(H2,15,16). The minimum atomic E-state index is 0.530. The lowest BCUT2D eigenvalue weighted by Gasteiger charge is -2.06. The van der Waals surface area contributed by atoms with Crippen molar-refractivity contribution in [3.05, 3.63) is 18.2 Å². The lowest BCUT2D eigenvalue weighted by Crippen LogP contribution is -2.02. The maximum atomic E-state index is 6.07. The minimum Gasteiger partial charge on any atom is -0.494 e. The Hall–Kier alpha value is -1.71. The molecule has 2 N–H and O–H groups in total. The van der Waals surface area contributed by atoms with Crippen LogP contribution in [0.3, 0.4) is 0 Å². The molecule has 3 rings (SSSR count). The monoisotopic (exact) mass is 245 g/mol. The number of imidazole rings is 1. The molecule has 0 bridgehead atoms. The molecule has 96 valence electrons. The third kappa shape index (κ3) is 1.64. The number of nitrogens with zero attached hydrogens (tertiary/aromatic N) is 2. The van der Waals surface area contributed by atoms with E-state index in [-0.39, 0.29) is 0 Å². The largest absolute Gasteiger partial charge is 0.494 e. The maximum absolute atomic E-state index is 6.07. The van der Waals surface area contributed by atoms with E-state index in [1.54, 1.807) is 7.11 Å². The molecule has 1 aromatic carbocycles. The molecule has 2 atom stereocenters. The third-order valence-corrected chi connectivity index (χ3v) is 3.81. The fourth-order valence-electron chi connectivity index (χ4n) is 2.85. The van der Waals surface area contributed by atoms with Crippen molar-refractivity contribution in [2.24, 2.45) is 5.92 Å². The highest BCUT2D eigenvalue weighted by atomic mass is 16.5. The van der Waals surface area contributed by atoms with Crippen LogP contribution in [0.1, 0.15) is 32.2 Å². The molecular formula is C14H19N3O. The van der Waals surface area contributed by atoms with Crippen molar-refractivity contribution in [1.82, 2.24) is 9.55 Å². The Balaban J connectivity index is 2.05. The Bertz CT molecular complexity index is 576. The lowest BCUT2D eigenvalue weighted by molar-refractivity contribution is 0.419. The second kappa shape index (κ2) is 4.19. The summed E-state index contributed by atoms with van der Waals surface area (Å²) in [6, 6.07) is 6.52. The number of nitrogen functional groups attached to an aromatic ring is 1. The van der Waals surface area contributed by atoms with Crippen molar-refractivity contribution in [1.29, 1.82) is 0 Å². The van der Waals surface area contributed by atoms with E-state index >= 15 is 0 Å². The number of anilines is 1. The second-order valence-electron chi connectivity index (χ2n) is 5.02. The van der Waals surface area contributed by atoms with E-state index in [1.165, 1.54) is 19.3 Å². The molecule has 1 aliphatic rings. The van der Waals surface area contributed by atoms with Crippen LogP contribution in [0.15, 0.2) is 18.2 Å². The normalized spacial score (nSPS) is 22.3.